The minimum Gasteiger partial charge on any atom is -0.493 e. The molecule has 3 rings (SSSR count). The van der Waals surface area contributed by atoms with E-state index in [0.717, 1.165) is 21.8 Å². The predicted molar refractivity (Wildman–Crippen MR) is 111 cm³/mol. The van der Waals surface area contributed by atoms with Gasteiger partial charge in [0.2, 0.25) is 5.91 Å². The summed E-state index contributed by atoms with van der Waals surface area (Å²) >= 11 is 1.50. The zero-order valence-electron chi connectivity index (χ0n) is 15.9. The Hall–Kier alpha value is -3.52. The van der Waals surface area contributed by atoms with Crippen LogP contribution < -0.4 is 14.8 Å². The van der Waals surface area contributed by atoms with E-state index >= 15 is 0 Å². The SMILES string of the molecule is COc1cc(/C=C/C(=O)NCc2csc(-c3cccnc3)n2)ccc1OC(C)=O. The number of hydrogen-bond donors (Lipinski definition) is 1. The van der Waals surface area contributed by atoms with Crippen LogP contribution in [0.25, 0.3) is 16.6 Å². The minimum atomic E-state index is -0.431. The van der Waals surface area contributed by atoms with E-state index in [-0.39, 0.29) is 5.91 Å². The third-order valence-corrected chi connectivity index (χ3v) is 4.71. The molecule has 29 heavy (non-hydrogen) atoms. The van der Waals surface area contributed by atoms with Crippen molar-refractivity contribution < 1.29 is 19.1 Å². The topological polar surface area (TPSA) is 90.4 Å². The second kappa shape index (κ2) is 9.61. The van der Waals surface area contributed by atoms with E-state index in [1.807, 2.05) is 17.5 Å². The van der Waals surface area contributed by atoms with Crippen molar-refractivity contribution in [3.8, 4) is 22.1 Å². The molecule has 1 amide bonds. The molecule has 0 saturated carbocycles. The number of methoxy groups -OCH3 is 1. The highest BCUT2D eigenvalue weighted by Crippen LogP contribution is 2.28. The first kappa shape index (κ1) is 20.2. The van der Waals surface area contributed by atoms with E-state index in [9.17, 15) is 9.59 Å². The molecule has 0 aliphatic carbocycles. The number of benzene rings is 1. The highest BCUT2D eigenvalue weighted by atomic mass is 32.1. The van der Waals surface area contributed by atoms with E-state index < -0.39 is 5.97 Å². The second-order valence-electron chi connectivity index (χ2n) is 5.94. The Morgan fingerprint density at radius 3 is 2.83 bits per heavy atom. The van der Waals surface area contributed by atoms with Gasteiger partial charge in [-0.2, -0.15) is 0 Å². The van der Waals surface area contributed by atoms with Gasteiger partial charge in [0.15, 0.2) is 11.5 Å². The van der Waals surface area contributed by atoms with Crippen molar-refractivity contribution in [3.05, 3.63) is 65.4 Å². The quantitative estimate of drug-likeness (QED) is 0.365. The molecule has 2 aromatic heterocycles. The normalized spacial score (nSPS) is 10.7. The maximum Gasteiger partial charge on any atom is 0.308 e. The smallest absolute Gasteiger partial charge is 0.308 e. The number of rotatable bonds is 7. The first-order chi connectivity index (χ1) is 14.0. The molecule has 1 N–H and O–H groups in total. The number of ether oxygens (including phenoxy) is 2. The Morgan fingerprint density at radius 1 is 1.24 bits per heavy atom. The number of thiazole rings is 1. The summed E-state index contributed by atoms with van der Waals surface area (Å²) in [5, 5.41) is 5.57. The Kier molecular flexibility index (Phi) is 6.70. The van der Waals surface area contributed by atoms with Crippen molar-refractivity contribution >= 4 is 29.3 Å². The molecule has 0 spiro atoms. The molecule has 0 fully saturated rings. The lowest BCUT2D eigenvalue weighted by Gasteiger charge is -2.08. The fourth-order valence-electron chi connectivity index (χ4n) is 2.45. The molecule has 8 heteroatoms. The second-order valence-corrected chi connectivity index (χ2v) is 6.80. The molecule has 7 nitrogen and oxygen atoms in total. The Bertz CT molecular complexity index is 1030. The molecule has 2 heterocycles. The van der Waals surface area contributed by atoms with Gasteiger partial charge in [-0.05, 0) is 35.9 Å². The van der Waals surface area contributed by atoms with Crippen LogP contribution >= 0.6 is 11.3 Å². The number of hydrogen-bond acceptors (Lipinski definition) is 7. The minimum absolute atomic E-state index is 0.246. The molecule has 0 saturated heterocycles. The number of carbonyl (C=O) groups is 2. The number of nitrogens with zero attached hydrogens (tertiary/aromatic N) is 2. The highest BCUT2D eigenvalue weighted by Gasteiger charge is 2.08. The summed E-state index contributed by atoms with van der Waals surface area (Å²) < 4.78 is 10.3. The van der Waals surface area contributed by atoms with Crippen LogP contribution in [-0.2, 0) is 16.1 Å². The molecule has 3 aromatic rings. The summed E-state index contributed by atoms with van der Waals surface area (Å²) in [4.78, 5) is 31.8. The van der Waals surface area contributed by atoms with Gasteiger partial charge in [-0.1, -0.05) is 6.07 Å². The predicted octanol–water partition coefficient (Wildman–Crippen LogP) is 3.47. The lowest BCUT2D eigenvalue weighted by atomic mass is 10.2. The third-order valence-electron chi connectivity index (χ3n) is 3.77. The zero-order valence-corrected chi connectivity index (χ0v) is 16.7. The van der Waals surface area contributed by atoms with Crippen LogP contribution in [-0.4, -0.2) is 29.0 Å². The van der Waals surface area contributed by atoms with Gasteiger partial charge in [-0.25, -0.2) is 4.98 Å². The number of pyridine rings is 1. The molecule has 0 aliphatic rings. The average molecular weight is 409 g/mol. The number of aromatic nitrogens is 2. The lowest BCUT2D eigenvalue weighted by Crippen LogP contribution is -2.20. The van der Waals surface area contributed by atoms with E-state index in [1.54, 1.807) is 36.7 Å². The van der Waals surface area contributed by atoms with Gasteiger partial charge >= 0.3 is 5.97 Å². The van der Waals surface area contributed by atoms with Gasteiger partial charge < -0.3 is 14.8 Å². The van der Waals surface area contributed by atoms with Crippen molar-refractivity contribution in [1.29, 1.82) is 0 Å². The fourth-order valence-corrected chi connectivity index (χ4v) is 3.26. The number of nitrogens with one attached hydrogen (secondary N) is 1. The maximum absolute atomic E-state index is 12.1. The van der Waals surface area contributed by atoms with E-state index in [2.05, 4.69) is 15.3 Å². The third kappa shape index (κ3) is 5.73. The summed E-state index contributed by atoms with van der Waals surface area (Å²) in [5.41, 5.74) is 2.46. The molecule has 0 unspecified atom stereocenters. The molecule has 0 aliphatic heterocycles. The monoisotopic (exact) mass is 409 g/mol. The molecule has 1 aromatic carbocycles. The largest absolute Gasteiger partial charge is 0.493 e. The first-order valence-electron chi connectivity index (χ1n) is 8.72. The van der Waals surface area contributed by atoms with E-state index in [0.29, 0.717) is 18.0 Å². The number of carbonyl (C=O) groups excluding carboxylic acids is 2. The summed E-state index contributed by atoms with van der Waals surface area (Å²) in [7, 11) is 1.48. The standard InChI is InChI=1S/C21H19N3O4S/c1-14(25)28-18-7-5-15(10-19(18)27-2)6-8-20(26)23-12-17-13-29-21(24-17)16-4-3-9-22-11-16/h3-11,13H,12H2,1-2H3,(H,23,26)/b8-6+. The summed E-state index contributed by atoms with van der Waals surface area (Å²) in [6, 6.07) is 8.83. The summed E-state index contributed by atoms with van der Waals surface area (Å²) in [6.45, 7) is 1.65. The Labute approximate surface area is 172 Å². The van der Waals surface area contributed by atoms with Crippen molar-refractivity contribution in [2.24, 2.45) is 0 Å². The van der Waals surface area contributed by atoms with Crippen molar-refractivity contribution in [2.45, 2.75) is 13.5 Å². The van der Waals surface area contributed by atoms with Crippen LogP contribution in [0.2, 0.25) is 0 Å². The van der Waals surface area contributed by atoms with Gasteiger partial charge in [0, 0.05) is 36.3 Å². The first-order valence-corrected chi connectivity index (χ1v) is 9.60. The number of amides is 1. The Morgan fingerprint density at radius 2 is 2.10 bits per heavy atom. The van der Waals surface area contributed by atoms with E-state index in [4.69, 9.17) is 9.47 Å². The van der Waals surface area contributed by atoms with Crippen LogP contribution in [0.5, 0.6) is 11.5 Å². The van der Waals surface area contributed by atoms with Gasteiger partial charge in [-0.15, -0.1) is 11.3 Å². The summed E-state index contributed by atoms with van der Waals surface area (Å²) in [5.74, 6) is 0.0615. The van der Waals surface area contributed by atoms with Crippen molar-refractivity contribution in [2.75, 3.05) is 7.11 Å². The Balaban J connectivity index is 1.57. The van der Waals surface area contributed by atoms with Crippen molar-refractivity contribution in [1.82, 2.24) is 15.3 Å². The summed E-state index contributed by atoms with van der Waals surface area (Å²) in [6.07, 6.45) is 6.54. The van der Waals surface area contributed by atoms with Gasteiger partial charge in [0.05, 0.1) is 19.3 Å². The van der Waals surface area contributed by atoms with Crippen LogP contribution in [0, 0.1) is 0 Å². The van der Waals surface area contributed by atoms with Crippen LogP contribution in [0.15, 0.2) is 54.2 Å². The molecule has 0 radical (unpaired) electrons. The van der Waals surface area contributed by atoms with Gasteiger partial charge in [0.1, 0.15) is 5.01 Å². The number of esters is 1. The van der Waals surface area contributed by atoms with Crippen molar-refractivity contribution in [3.63, 3.8) is 0 Å². The van der Waals surface area contributed by atoms with Gasteiger partial charge in [0.25, 0.3) is 0 Å². The molecule has 0 atom stereocenters. The molecule has 0 bridgehead atoms. The molecular formula is C21H19N3O4S. The fraction of sp³-hybridized carbons (Fsp3) is 0.143. The van der Waals surface area contributed by atoms with Crippen LogP contribution in [0.3, 0.4) is 0 Å². The van der Waals surface area contributed by atoms with E-state index in [1.165, 1.54) is 31.4 Å². The van der Waals surface area contributed by atoms with Gasteiger partial charge in [-0.3, -0.25) is 14.6 Å². The molecular weight excluding hydrogens is 390 g/mol. The lowest BCUT2D eigenvalue weighted by molar-refractivity contribution is -0.132. The van der Waals surface area contributed by atoms with Crippen LogP contribution in [0.4, 0.5) is 0 Å². The van der Waals surface area contributed by atoms with Crippen LogP contribution in [0.1, 0.15) is 18.2 Å². The average Bonchev–Trinajstić information content (AvgIpc) is 3.21. The molecule has 148 valence electrons. The maximum atomic E-state index is 12.1. The highest BCUT2D eigenvalue weighted by molar-refractivity contribution is 7.13. The zero-order chi connectivity index (χ0) is 20.6.